The number of benzene rings is 1. The van der Waals surface area contributed by atoms with Crippen LogP contribution >= 0.6 is 0 Å². The molecule has 28 heavy (non-hydrogen) atoms. The van der Waals surface area contributed by atoms with Crippen LogP contribution in [0.1, 0.15) is 12.0 Å². The van der Waals surface area contributed by atoms with Crippen molar-refractivity contribution in [3.05, 3.63) is 54.4 Å². The Bertz CT molecular complexity index is 1170. The van der Waals surface area contributed by atoms with Gasteiger partial charge in [0, 0.05) is 42.0 Å². The van der Waals surface area contributed by atoms with Crippen molar-refractivity contribution in [2.24, 2.45) is 0 Å². The van der Waals surface area contributed by atoms with Gasteiger partial charge in [-0.2, -0.15) is 0 Å². The van der Waals surface area contributed by atoms with Crippen molar-refractivity contribution in [3.63, 3.8) is 0 Å². The highest BCUT2D eigenvalue weighted by atomic mass is 19.3. The van der Waals surface area contributed by atoms with Crippen molar-refractivity contribution < 1.29 is 8.78 Å². The molecule has 0 atom stereocenters. The molecule has 3 aromatic heterocycles. The maximum absolute atomic E-state index is 13.4. The fourth-order valence-corrected chi connectivity index (χ4v) is 3.85. The number of hydrogen-bond donors (Lipinski definition) is 2. The van der Waals surface area contributed by atoms with Gasteiger partial charge >= 0.3 is 0 Å². The molecule has 0 aliphatic carbocycles. The van der Waals surface area contributed by atoms with Gasteiger partial charge in [0.25, 0.3) is 5.92 Å². The third-order valence-corrected chi connectivity index (χ3v) is 5.30. The molecular formula is C21H19F2N5. The third kappa shape index (κ3) is 3.07. The predicted molar refractivity (Wildman–Crippen MR) is 106 cm³/mol. The minimum absolute atomic E-state index is 0.0541. The molecule has 5 nitrogen and oxygen atoms in total. The number of nitrogens with two attached hydrogens (primary N) is 1. The molecular weight excluding hydrogens is 360 g/mol. The lowest BCUT2D eigenvalue weighted by molar-refractivity contribution is 0.0115. The van der Waals surface area contributed by atoms with Crippen LogP contribution in [0.3, 0.4) is 0 Å². The number of aromatic nitrogens is 3. The lowest BCUT2D eigenvalue weighted by Crippen LogP contribution is -2.24. The number of alkyl halides is 2. The van der Waals surface area contributed by atoms with Crippen LogP contribution in [0, 0.1) is 0 Å². The van der Waals surface area contributed by atoms with E-state index < -0.39 is 5.92 Å². The van der Waals surface area contributed by atoms with E-state index in [0.717, 1.165) is 38.6 Å². The van der Waals surface area contributed by atoms with E-state index in [1.807, 2.05) is 36.5 Å². The highest BCUT2D eigenvalue weighted by Crippen LogP contribution is 2.30. The second kappa shape index (κ2) is 6.24. The van der Waals surface area contributed by atoms with E-state index in [2.05, 4.69) is 21.0 Å². The Morgan fingerprint density at radius 2 is 1.86 bits per heavy atom. The number of anilines is 1. The molecule has 0 saturated carbocycles. The molecule has 4 aromatic rings. The van der Waals surface area contributed by atoms with Gasteiger partial charge < -0.3 is 10.7 Å². The van der Waals surface area contributed by atoms with Gasteiger partial charge in [-0.25, -0.2) is 18.7 Å². The molecule has 0 spiro atoms. The van der Waals surface area contributed by atoms with Crippen molar-refractivity contribution >= 4 is 27.8 Å². The summed E-state index contributed by atoms with van der Waals surface area (Å²) in [5, 5.41) is 1.98. The Morgan fingerprint density at radius 3 is 2.61 bits per heavy atom. The normalized spacial score (nSPS) is 16.9. The first-order valence-electron chi connectivity index (χ1n) is 9.19. The van der Waals surface area contributed by atoms with Gasteiger partial charge in [-0.3, -0.25) is 4.90 Å². The molecule has 1 fully saturated rings. The van der Waals surface area contributed by atoms with E-state index in [1.54, 1.807) is 11.1 Å². The van der Waals surface area contributed by atoms with Crippen LogP contribution in [-0.2, 0) is 6.54 Å². The standard InChI is InChI=1S/C21H19F2N5/c22-21(23)5-6-28(12-21)11-13-1-3-14(4-2-13)15-7-17-16-8-19(24)25-10-18(16)27-20(17)26-9-15/h1-4,7-10H,5-6,11-12H2,(H2,24,25)(H,26,27). The minimum Gasteiger partial charge on any atom is -0.384 e. The van der Waals surface area contributed by atoms with Crippen molar-refractivity contribution in [3.8, 4) is 11.1 Å². The molecule has 0 unspecified atom stereocenters. The largest absolute Gasteiger partial charge is 0.384 e. The van der Waals surface area contributed by atoms with Crippen molar-refractivity contribution in [1.82, 2.24) is 19.9 Å². The Labute approximate surface area is 160 Å². The molecule has 3 N–H and O–H groups in total. The Hall–Kier alpha value is -3.06. The molecule has 1 aliphatic rings. The molecule has 0 amide bonds. The molecule has 0 radical (unpaired) electrons. The molecule has 1 saturated heterocycles. The van der Waals surface area contributed by atoms with Crippen LogP contribution in [0.15, 0.2) is 48.8 Å². The molecule has 4 heterocycles. The number of nitrogen functional groups attached to an aromatic ring is 1. The maximum atomic E-state index is 13.4. The first-order chi connectivity index (χ1) is 13.5. The zero-order valence-electron chi connectivity index (χ0n) is 15.1. The molecule has 1 aliphatic heterocycles. The van der Waals surface area contributed by atoms with Crippen LogP contribution < -0.4 is 5.73 Å². The average molecular weight is 379 g/mol. The summed E-state index contributed by atoms with van der Waals surface area (Å²) < 4.78 is 26.7. The van der Waals surface area contributed by atoms with Gasteiger partial charge in [0.05, 0.1) is 18.3 Å². The monoisotopic (exact) mass is 379 g/mol. The Balaban J connectivity index is 1.43. The first kappa shape index (κ1) is 17.1. The van der Waals surface area contributed by atoms with Gasteiger partial charge in [-0.05, 0) is 23.3 Å². The summed E-state index contributed by atoms with van der Waals surface area (Å²) in [5.41, 5.74) is 10.6. The predicted octanol–water partition coefficient (Wildman–Crippen LogP) is 4.20. The number of halogens is 2. The number of nitrogens with one attached hydrogen (secondary N) is 1. The summed E-state index contributed by atoms with van der Waals surface area (Å²) in [6.07, 6.45) is 3.48. The molecule has 5 rings (SSSR count). The van der Waals surface area contributed by atoms with Crippen molar-refractivity contribution in [2.45, 2.75) is 18.9 Å². The Kier molecular flexibility index (Phi) is 3.80. The SMILES string of the molecule is Nc1cc2c(cn1)[nH]c1ncc(-c3ccc(CN4CCC(F)(F)C4)cc3)cc12. The van der Waals surface area contributed by atoms with Crippen LogP contribution in [0.5, 0.6) is 0 Å². The summed E-state index contributed by atoms with van der Waals surface area (Å²) in [6, 6.07) is 11.9. The quantitative estimate of drug-likeness (QED) is 0.560. The lowest BCUT2D eigenvalue weighted by Gasteiger charge is -2.15. The third-order valence-electron chi connectivity index (χ3n) is 5.30. The zero-order chi connectivity index (χ0) is 19.3. The van der Waals surface area contributed by atoms with Gasteiger partial charge in [0.15, 0.2) is 0 Å². The Morgan fingerprint density at radius 1 is 1.04 bits per heavy atom. The lowest BCUT2D eigenvalue weighted by atomic mass is 10.0. The zero-order valence-corrected chi connectivity index (χ0v) is 15.1. The van der Waals surface area contributed by atoms with E-state index in [-0.39, 0.29) is 13.0 Å². The highest BCUT2D eigenvalue weighted by molar-refractivity contribution is 6.07. The number of pyridine rings is 2. The maximum Gasteiger partial charge on any atom is 0.261 e. The van der Waals surface area contributed by atoms with Gasteiger partial charge in [-0.1, -0.05) is 24.3 Å². The van der Waals surface area contributed by atoms with E-state index in [9.17, 15) is 8.78 Å². The average Bonchev–Trinajstić information content (AvgIpc) is 3.21. The number of nitrogens with zero attached hydrogens (tertiary/aromatic N) is 3. The summed E-state index contributed by atoms with van der Waals surface area (Å²) in [4.78, 5) is 13.7. The van der Waals surface area contributed by atoms with Gasteiger partial charge in [0.1, 0.15) is 11.5 Å². The van der Waals surface area contributed by atoms with E-state index >= 15 is 0 Å². The van der Waals surface area contributed by atoms with Crippen LogP contribution in [0.2, 0.25) is 0 Å². The summed E-state index contributed by atoms with van der Waals surface area (Å²) in [5.74, 6) is -2.09. The van der Waals surface area contributed by atoms with Crippen LogP contribution in [0.25, 0.3) is 33.1 Å². The highest BCUT2D eigenvalue weighted by Gasteiger charge is 2.37. The summed E-state index contributed by atoms with van der Waals surface area (Å²) >= 11 is 0. The van der Waals surface area contributed by atoms with Gasteiger partial charge in [0.2, 0.25) is 0 Å². The number of aromatic amines is 1. The number of hydrogen-bond acceptors (Lipinski definition) is 4. The first-order valence-corrected chi connectivity index (χ1v) is 9.19. The van der Waals surface area contributed by atoms with E-state index in [4.69, 9.17) is 5.73 Å². The fraction of sp³-hybridized carbons (Fsp3) is 0.238. The molecule has 1 aromatic carbocycles. The summed E-state index contributed by atoms with van der Waals surface area (Å²) in [7, 11) is 0. The second-order valence-electron chi connectivity index (χ2n) is 7.41. The fourth-order valence-electron chi connectivity index (χ4n) is 3.85. The number of fused-ring (bicyclic) bond motifs is 3. The number of H-pyrrole nitrogens is 1. The van der Waals surface area contributed by atoms with E-state index in [1.165, 1.54) is 0 Å². The summed E-state index contributed by atoms with van der Waals surface area (Å²) in [6.45, 7) is 0.823. The van der Waals surface area contributed by atoms with Crippen LogP contribution in [0.4, 0.5) is 14.6 Å². The number of likely N-dealkylation sites (tertiary alicyclic amines) is 1. The smallest absolute Gasteiger partial charge is 0.261 e. The molecule has 142 valence electrons. The molecule has 7 heteroatoms. The number of rotatable bonds is 3. The van der Waals surface area contributed by atoms with E-state index in [0.29, 0.717) is 18.9 Å². The molecule has 0 bridgehead atoms. The van der Waals surface area contributed by atoms with Crippen molar-refractivity contribution in [1.29, 1.82) is 0 Å². The van der Waals surface area contributed by atoms with Crippen LogP contribution in [-0.4, -0.2) is 38.9 Å². The minimum atomic E-state index is -2.56. The van der Waals surface area contributed by atoms with Gasteiger partial charge in [-0.15, -0.1) is 0 Å². The second-order valence-corrected chi connectivity index (χ2v) is 7.41. The van der Waals surface area contributed by atoms with Crippen molar-refractivity contribution in [2.75, 3.05) is 18.8 Å². The topological polar surface area (TPSA) is 70.8 Å².